The van der Waals surface area contributed by atoms with Crippen molar-refractivity contribution in [2.24, 2.45) is 0 Å². The minimum atomic E-state index is -0.869. The first-order chi connectivity index (χ1) is 7.10. The van der Waals surface area contributed by atoms with Gasteiger partial charge in [0, 0.05) is 11.6 Å². The number of carbonyl (C=O) groups is 1. The average molecular weight is 212 g/mol. The normalized spacial score (nSPS) is 17.3. The Hall–Kier alpha value is -1.45. The Morgan fingerprint density at radius 1 is 1.40 bits per heavy atom. The number of rotatable bonds is 2. The first-order valence-corrected chi connectivity index (χ1v) is 4.64. The molecule has 0 saturated heterocycles. The summed E-state index contributed by atoms with van der Waals surface area (Å²) in [6.07, 6.45) is 1.12. The van der Waals surface area contributed by atoms with Crippen LogP contribution in [0.4, 0.5) is 8.78 Å². The van der Waals surface area contributed by atoms with Crippen LogP contribution in [-0.4, -0.2) is 13.1 Å². The van der Waals surface area contributed by atoms with Gasteiger partial charge in [-0.25, -0.2) is 8.78 Å². The topological polar surface area (TPSA) is 26.3 Å². The smallest absolute Gasteiger partial charge is 0.316 e. The molecular formula is C11H10F2O2. The SMILES string of the molecule is COC(=O)C1(c2ccc(F)cc2F)CC1. The Kier molecular flexibility index (Phi) is 2.21. The van der Waals surface area contributed by atoms with Crippen LogP contribution in [0.25, 0.3) is 0 Å². The first-order valence-electron chi connectivity index (χ1n) is 4.64. The van der Waals surface area contributed by atoms with Crippen molar-refractivity contribution in [3.63, 3.8) is 0 Å². The zero-order valence-electron chi connectivity index (χ0n) is 8.22. The third-order valence-electron chi connectivity index (χ3n) is 2.77. The van der Waals surface area contributed by atoms with Crippen LogP contribution in [0.3, 0.4) is 0 Å². The molecule has 1 fully saturated rings. The molecule has 2 nitrogen and oxygen atoms in total. The lowest BCUT2D eigenvalue weighted by Crippen LogP contribution is -2.23. The molecule has 15 heavy (non-hydrogen) atoms. The second kappa shape index (κ2) is 3.29. The quantitative estimate of drug-likeness (QED) is 0.702. The molecular weight excluding hydrogens is 202 g/mol. The third-order valence-corrected chi connectivity index (χ3v) is 2.77. The highest BCUT2D eigenvalue weighted by molar-refractivity contribution is 5.86. The van der Waals surface area contributed by atoms with Gasteiger partial charge >= 0.3 is 5.97 Å². The van der Waals surface area contributed by atoms with E-state index in [4.69, 9.17) is 0 Å². The maximum absolute atomic E-state index is 13.4. The van der Waals surface area contributed by atoms with E-state index >= 15 is 0 Å². The van der Waals surface area contributed by atoms with Gasteiger partial charge in [-0.15, -0.1) is 0 Å². The average Bonchev–Trinajstić information content (AvgIpc) is 2.97. The molecule has 1 saturated carbocycles. The fourth-order valence-electron chi connectivity index (χ4n) is 1.78. The maximum Gasteiger partial charge on any atom is 0.316 e. The molecule has 80 valence electrons. The molecule has 0 atom stereocenters. The summed E-state index contributed by atoms with van der Waals surface area (Å²) in [6.45, 7) is 0. The summed E-state index contributed by atoms with van der Waals surface area (Å²) in [5, 5.41) is 0. The van der Waals surface area contributed by atoms with Crippen LogP contribution < -0.4 is 0 Å². The minimum absolute atomic E-state index is 0.232. The molecule has 2 rings (SSSR count). The van der Waals surface area contributed by atoms with E-state index in [-0.39, 0.29) is 5.56 Å². The van der Waals surface area contributed by atoms with Crippen molar-refractivity contribution >= 4 is 5.97 Å². The summed E-state index contributed by atoms with van der Waals surface area (Å²) >= 11 is 0. The predicted octanol–water partition coefficient (Wildman–Crippen LogP) is 2.17. The molecule has 0 radical (unpaired) electrons. The van der Waals surface area contributed by atoms with Gasteiger partial charge in [0.1, 0.15) is 11.6 Å². The predicted molar refractivity (Wildman–Crippen MR) is 49.3 cm³/mol. The van der Waals surface area contributed by atoms with Gasteiger partial charge in [0.15, 0.2) is 0 Å². The first kappa shape index (κ1) is 10.1. The second-order valence-electron chi connectivity index (χ2n) is 3.70. The summed E-state index contributed by atoms with van der Waals surface area (Å²) in [5.74, 6) is -1.78. The lowest BCUT2D eigenvalue weighted by Gasteiger charge is -2.13. The molecule has 0 aliphatic heterocycles. The van der Waals surface area contributed by atoms with Crippen LogP contribution in [0.2, 0.25) is 0 Å². The molecule has 0 unspecified atom stereocenters. The van der Waals surface area contributed by atoms with Crippen molar-refractivity contribution in [2.45, 2.75) is 18.3 Å². The summed E-state index contributed by atoms with van der Waals surface area (Å²) in [4.78, 5) is 11.5. The van der Waals surface area contributed by atoms with Crippen molar-refractivity contribution in [2.75, 3.05) is 7.11 Å². The molecule has 0 heterocycles. The largest absolute Gasteiger partial charge is 0.468 e. The number of ether oxygens (including phenoxy) is 1. The van der Waals surface area contributed by atoms with Gasteiger partial charge in [-0.2, -0.15) is 0 Å². The highest BCUT2D eigenvalue weighted by Crippen LogP contribution is 2.49. The summed E-state index contributed by atoms with van der Waals surface area (Å²) < 4.78 is 30.7. The number of esters is 1. The van der Waals surface area contributed by atoms with Gasteiger partial charge in [-0.1, -0.05) is 6.07 Å². The second-order valence-corrected chi connectivity index (χ2v) is 3.70. The molecule has 0 aromatic heterocycles. The van der Waals surface area contributed by atoms with Crippen LogP contribution in [0.5, 0.6) is 0 Å². The molecule has 1 aromatic carbocycles. The van der Waals surface area contributed by atoms with Gasteiger partial charge in [-0.05, 0) is 18.9 Å². The lowest BCUT2D eigenvalue weighted by molar-refractivity contribution is -0.143. The van der Waals surface area contributed by atoms with Crippen LogP contribution in [0, 0.1) is 11.6 Å². The van der Waals surface area contributed by atoms with E-state index in [0.717, 1.165) is 12.1 Å². The zero-order valence-corrected chi connectivity index (χ0v) is 8.22. The number of halogens is 2. The minimum Gasteiger partial charge on any atom is -0.468 e. The third kappa shape index (κ3) is 1.50. The molecule has 4 heteroatoms. The highest BCUT2D eigenvalue weighted by atomic mass is 19.1. The van der Waals surface area contributed by atoms with E-state index < -0.39 is 23.0 Å². The van der Waals surface area contributed by atoms with E-state index in [1.54, 1.807) is 0 Å². The van der Waals surface area contributed by atoms with Gasteiger partial charge in [0.05, 0.1) is 12.5 Å². The van der Waals surface area contributed by atoms with Crippen molar-refractivity contribution in [1.29, 1.82) is 0 Å². The fraction of sp³-hybridized carbons (Fsp3) is 0.364. The fourth-order valence-corrected chi connectivity index (χ4v) is 1.78. The van der Waals surface area contributed by atoms with Gasteiger partial charge in [0.25, 0.3) is 0 Å². The summed E-state index contributed by atoms with van der Waals surface area (Å²) in [6, 6.07) is 3.26. The van der Waals surface area contributed by atoms with E-state index in [1.165, 1.54) is 13.2 Å². The molecule has 1 aliphatic carbocycles. The molecule has 0 bridgehead atoms. The van der Waals surface area contributed by atoms with Crippen LogP contribution >= 0.6 is 0 Å². The van der Waals surface area contributed by atoms with Crippen molar-refractivity contribution in [3.8, 4) is 0 Å². The molecule has 0 N–H and O–H groups in total. The Labute approximate surface area is 85.9 Å². The van der Waals surface area contributed by atoms with Gasteiger partial charge in [-0.3, -0.25) is 4.79 Å². The number of hydrogen-bond acceptors (Lipinski definition) is 2. The molecule has 0 amide bonds. The Morgan fingerprint density at radius 2 is 2.07 bits per heavy atom. The Morgan fingerprint density at radius 3 is 2.53 bits per heavy atom. The van der Waals surface area contributed by atoms with Crippen LogP contribution in [0.1, 0.15) is 18.4 Å². The summed E-state index contributed by atoms with van der Waals surface area (Å²) in [7, 11) is 1.27. The van der Waals surface area contributed by atoms with E-state index in [0.29, 0.717) is 12.8 Å². The van der Waals surface area contributed by atoms with Gasteiger partial charge < -0.3 is 4.74 Å². The summed E-state index contributed by atoms with van der Waals surface area (Å²) in [5.41, 5.74) is -0.636. The van der Waals surface area contributed by atoms with Crippen molar-refractivity contribution in [1.82, 2.24) is 0 Å². The van der Waals surface area contributed by atoms with Crippen LogP contribution in [0.15, 0.2) is 18.2 Å². The maximum atomic E-state index is 13.4. The molecule has 1 aliphatic rings. The standard InChI is InChI=1S/C11H10F2O2/c1-15-10(14)11(4-5-11)8-3-2-7(12)6-9(8)13/h2-3,6H,4-5H2,1H3. The molecule has 0 spiro atoms. The number of hydrogen-bond donors (Lipinski definition) is 0. The monoisotopic (exact) mass is 212 g/mol. The molecule has 1 aromatic rings. The Bertz CT molecular complexity index is 411. The highest BCUT2D eigenvalue weighted by Gasteiger charge is 2.54. The number of carbonyl (C=O) groups excluding carboxylic acids is 1. The van der Waals surface area contributed by atoms with Crippen molar-refractivity contribution < 1.29 is 18.3 Å². The van der Waals surface area contributed by atoms with Crippen molar-refractivity contribution in [3.05, 3.63) is 35.4 Å². The zero-order chi connectivity index (χ0) is 11.1. The number of methoxy groups -OCH3 is 1. The Balaban J connectivity index is 2.42. The lowest BCUT2D eigenvalue weighted by atomic mass is 9.95. The van der Waals surface area contributed by atoms with E-state index in [9.17, 15) is 13.6 Å². The van der Waals surface area contributed by atoms with Crippen LogP contribution in [-0.2, 0) is 14.9 Å². The van der Waals surface area contributed by atoms with E-state index in [2.05, 4.69) is 4.74 Å². The van der Waals surface area contributed by atoms with E-state index in [1.807, 2.05) is 0 Å². The number of benzene rings is 1. The van der Waals surface area contributed by atoms with Gasteiger partial charge in [0.2, 0.25) is 0 Å².